The van der Waals surface area contributed by atoms with Gasteiger partial charge in [0.1, 0.15) is 5.78 Å². The topological polar surface area (TPSA) is 29.1 Å². The predicted molar refractivity (Wildman–Crippen MR) is 38.5 cm³/mol. The molecule has 1 aliphatic carbocycles. The van der Waals surface area contributed by atoms with Crippen LogP contribution in [-0.2, 0) is 4.79 Å². The molecule has 0 aromatic heterocycles. The Hall–Kier alpha value is -0.790. The highest BCUT2D eigenvalue weighted by Gasteiger charge is 2.21. The van der Waals surface area contributed by atoms with Crippen molar-refractivity contribution < 1.29 is 4.79 Å². The van der Waals surface area contributed by atoms with Crippen molar-refractivity contribution in [2.45, 2.75) is 25.7 Å². The van der Waals surface area contributed by atoms with E-state index >= 15 is 0 Å². The Morgan fingerprint density at radius 3 is 3.00 bits per heavy atom. The van der Waals surface area contributed by atoms with Crippen LogP contribution in [0.4, 0.5) is 0 Å². The van der Waals surface area contributed by atoms with Gasteiger partial charge in [0.25, 0.3) is 0 Å². The minimum atomic E-state index is 0.419. The molecule has 1 heterocycles. The van der Waals surface area contributed by atoms with Crippen molar-refractivity contribution >= 4 is 5.78 Å². The van der Waals surface area contributed by atoms with Crippen LogP contribution < -0.4 is 5.32 Å². The largest absolute Gasteiger partial charge is 0.388 e. The monoisotopic (exact) mass is 137 g/mol. The number of carbonyl (C=O) groups is 1. The van der Waals surface area contributed by atoms with Crippen LogP contribution in [0, 0.1) is 0 Å². The fourth-order valence-electron chi connectivity index (χ4n) is 1.69. The first-order valence-electron chi connectivity index (χ1n) is 3.83. The molecule has 0 unspecified atom stereocenters. The zero-order chi connectivity index (χ0) is 6.97. The molecule has 0 amide bonds. The van der Waals surface area contributed by atoms with Crippen LogP contribution in [0.3, 0.4) is 0 Å². The second-order valence-electron chi connectivity index (χ2n) is 2.97. The lowest BCUT2D eigenvalue weighted by atomic mass is 9.96. The van der Waals surface area contributed by atoms with E-state index in [1.54, 1.807) is 0 Å². The molecule has 2 rings (SSSR count). The van der Waals surface area contributed by atoms with Gasteiger partial charge in [-0.25, -0.2) is 0 Å². The molecule has 10 heavy (non-hydrogen) atoms. The summed E-state index contributed by atoms with van der Waals surface area (Å²) >= 11 is 0. The van der Waals surface area contributed by atoms with Gasteiger partial charge in [-0.15, -0.1) is 0 Å². The van der Waals surface area contributed by atoms with Crippen LogP contribution in [0.1, 0.15) is 25.7 Å². The van der Waals surface area contributed by atoms with Gasteiger partial charge in [0.15, 0.2) is 0 Å². The molecule has 2 heteroatoms. The number of rotatable bonds is 0. The summed E-state index contributed by atoms with van der Waals surface area (Å²) in [6.07, 6.45) is 3.55. The van der Waals surface area contributed by atoms with Gasteiger partial charge in [0.05, 0.1) is 0 Å². The lowest BCUT2D eigenvalue weighted by Gasteiger charge is -2.11. The molecule has 2 nitrogen and oxygen atoms in total. The maximum Gasteiger partial charge on any atom is 0.137 e. The average molecular weight is 137 g/mol. The molecule has 1 N–H and O–H groups in total. The first-order valence-corrected chi connectivity index (χ1v) is 3.83. The Kier molecular flexibility index (Phi) is 1.26. The highest BCUT2D eigenvalue weighted by Crippen LogP contribution is 2.26. The second kappa shape index (κ2) is 2.11. The van der Waals surface area contributed by atoms with Gasteiger partial charge in [-0.1, -0.05) is 0 Å². The molecule has 0 bridgehead atoms. The smallest absolute Gasteiger partial charge is 0.137 e. The van der Waals surface area contributed by atoms with E-state index in [1.807, 2.05) is 0 Å². The number of ketones is 1. The molecule has 0 fully saturated rings. The summed E-state index contributed by atoms with van der Waals surface area (Å²) in [7, 11) is 0. The Morgan fingerprint density at radius 1 is 1.20 bits per heavy atom. The van der Waals surface area contributed by atoms with Gasteiger partial charge in [0.2, 0.25) is 0 Å². The molecule has 0 radical (unpaired) electrons. The summed E-state index contributed by atoms with van der Waals surface area (Å²) < 4.78 is 0. The molecule has 0 saturated carbocycles. The number of carbonyl (C=O) groups excluding carboxylic acids is 1. The number of hydrogen-bond donors (Lipinski definition) is 1. The SMILES string of the molecule is O=C1CCC2=C(CCN2)C1. The van der Waals surface area contributed by atoms with Crippen molar-refractivity contribution in [3.63, 3.8) is 0 Å². The van der Waals surface area contributed by atoms with E-state index in [9.17, 15) is 4.79 Å². The Balaban J connectivity index is 2.21. The van der Waals surface area contributed by atoms with E-state index in [4.69, 9.17) is 0 Å². The molecule has 2 aliphatic rings. The molecule has 0 atom stereocenters. The summed E-state index contributed by atoms with van der Waals surface area (Å²) in [4.78, 5) is 10.9. The van der Waals surface area contributed by atoms with E-state index in [0.717, 1.165) is 32.2 Å². The summed E-state index contributed by atoms with van der Waals surface area (Å²) in [6.45, 7) is 1.05. The van der Waals surface area contributed by atoms with E-state index in [2.05, 4.69) is 5.32 Å². The molecule has 0 aromatic rings. The first kappa shape index (κ1) is 5.96. The molecule has 54 valence electrons. The standard InChI is InChI=1S/C8H11NO/c10-7-1-2-8-6(5-7)3-4-9-8/h9H,1-5H2. The van der Waals surface area contributed by atoms with Gasteiger partial charge in [0, 0.05) is 25.1 Å². The number of nitrogens with one attached hydrogen (secondary N) is 1. The maximum absolute atomic E-state index is 10.9. The van der Waals surface area contributed by atoms with Crippen LogP contribution in [0.15, 0.2) is 11.3 Å². The van der Waals surface area contributed by atoms with Crippen LogP contribution in [0.2, 0.25) is 0 Å². The van der Waals surface area contributed by atoms with Gasteiger partial charge in [-0.3, -0.25) is 4.79 Å². The average Bonchev–Trinajstić information content (AvgIpc) is 2.33. The van der Waals surface area contributed by atoms with Gasteiger partial charge < -0.3 is 5.32 Å². The number of allylic oxidation sites excluding steroid dienone is 1. The van der Waals surface area contributed by atoms with E-state index in [0.29, 0.717) is 5.78 Å². The van der Waals surface area contributed by atoms with E-state index < -0.39 is 0 Å². The van der Waals surface area contributed by atoms with Crippen LogP contribution >= 0.6 is 0 Å². The molecule has 1 aliphatic heterocycles. The van der Waals surface area contributed by atoms with Crippen molar-refractivity contribution in [1.29, 1.82) is 0 Å². The third kappa shape index (κ3) is 0.838. The fourth-order valence-corrected chi connectivity index (χ4v) is 1.69. The van der Waals surface area contributed by atoms with Crippen molar-refractivity contribution in [3.8, 4) is 0 Å². The molecule has 0 saturated heterocycles. The summed E-state index contributed by atoms with van der Waals surface area (Å²) in [5.74, 6) is 0.419. The van der Waals surface area contributed by atoms with Crippen LogP contribution in [0.25, 0.3) is 0 Å². The number of hydrogen-bond acceptors (Lipinski definition) is 2. The third-order valence-corrected chi connectivity index (χ3v) is 2.26. The van der Waals surface area contributed by atoms with Gasteiger partial charge in [-0.05, 0) is 18.4 Å². The highest BCUT2D eigenvalue weighted by molar-refractivity contribution is 5.82. The third-order valence-electron chi connectivity index (χ3n) is 2.26. The summed E-state index contributed by atoms with van der Waals surface area (Å²) in [5.41, 5.74) is 2.73. The second-order valence-corrected chi connectivity index (χ2v) is 2.97. The van der Waals surface area contributed by atoms with Crippen molar-refractivity contribution in [3.05, 3.63) is 11.3 Å². The fraction of sp³-hybridized carbons (Fsp3) is 0.625. The molecule has 0 aromatic carbocycles. The van der Waals surface area contributed by atoms with Gasteiger partial charge in [-0.2, -0.15) is 0 Å². The first-order chi connectivity index (χ1) is 4.86. The minimum absolute atomic E-state index is 0.419. The van der Waals surface area contributed by atoms with Crippen LogP contribution in [-0.4, -0.2) is 12.3 Å². The molecule has 0 spiro atoms. The maximum atomic E-state index is 10.9. The Labute approximate surface area is 60.3 Å². The van der Waals surface area contributed by atoms with Gasteiger partial charge >= 0.3 is 0 Å². The predicted octanol–water partition coefficient (Wildman–Crippen LogP) is 0.987. The minimum Gasteiger partial charge on any atom is -0.388 e. The zero-order valence-corrected chi connectivity index (χ0v) is 5.94. The van der Waals surface area contributed by atoms with Crippen molar-refractivity contribution in [2.75, 3.05) is 6.54 Å². The quantitative estimate of drug-likeness (QED) is 0.539. The Bertz CT molecular complexity index is 205. The summed E-state index contributed by atoms with van der Waals surface area (Å²) in [6, 6.07) is 0. The van der Waals surface area contributed by atoms with E-state index in [-0.39, 0.29) is 0 Å². The van der Waals surface area contributed by atoms with Crippen molar-refractivity contribution in [2.24, 2.45) is 0 Å². The normalized spacial score (nSPS) is 24.6. The lowest BCUT2D eigenvalue weighted by Crippen LogP contribution is -2.12. The summed E-state index contributed by atoms with van der Waals surface area (Å²) in [5, 5.41) is 3.31. The highest BCUT2D eigenvalue weighted by atomic mass is 16.1. The van der Waals surface area contributed by atoms with Crippen LogP contribution in [0.5, 0.6) is 0 Å². The van der Waals surface area contributed by atoms with Crippen molar-refractivity contribution in [1.82, 2.24) is 5.32 Å². The zero-order valence-electron chi connectivity index (χ0n) is 5.94. The number of Topliss-reactive ketones (excluding diaryl/α,β-unsaturated/α-hetero) is 1. The Morgan fingerprint density at radius 2 is 2.10 bits per heavy atom. The molecular formula is C8H11NO. The lowest BCUT2D eigenvalue weighted by molar-refractivity contribution is -0.118. The van der Waals surface area contributed by atoms with E-state index in [1.165, 1.54) is 11.3 Å². The molecular weight excluding hydrogens is 126 g/mol.